The van der Waals surface area contributed by atoms with E-state index >= 15 is 0 Å². The maximum absolute atomic E-state index is 9.42. The fourth-order valence-electron chi connectivity index (χ4n) is 3.83. The van der Waals surface area contributed by atoms with Crippen molar-refractivity contribution in [3.05, 3.63) is 0 Å². The molecular weight excluding hydrogens is 244 g/mol. The van der Waals surface area contributed by atoms with Crippen LogP contribution in [0.2, 0.25) is 0 Å². The molecule has 0 rings (SSSR count). The first-order valence-corrected chi connectivity index (χ1v) is 8.13. The minimum atomic E-state index is 0.112. The van der Waals surface area contributed by atoms with Gasteiger partial charge in [-0.15, -0.1) is 0 Å². The molecule has 0 aliphatic rings. The summed E-state index contributed by atoms with van der Waals surface area (Å²) in [6, 6.07) is 0. The maximum atomic E-state index is 9.42. The second-order valence-corrected chi connectivity index (χ2v) is 10.2. The van der Waals surface area contributed by atoms with Crippen molar-refractivity contribution < 1.29 is 5.11 Å². The van der Waals surface area contributed by atoms with Gasteiger partial charge >= 0.3 is 0 Å². The number of hydrogen-bond acceptors (Lipinski definition) is 1. The van der Waals surface area contributed by atoms with E-state index < -0.39 is 0 Å². The van der Waals surface area contributed by atoms with E-state index in [1.807, 2.05) is 0 Å². The number of hydrogen-bond donors (Lipinski definition) is 1. The Labute approximate surface area is 128 Å². The molecule has 0 saturated heterocycles. The molecule has 0 atom stereocenters. The number of aliphatic hydroxyl groups is 1. The molecule has 122 valence electrons. The predicted octanol–water partition coefficient (Wildman–Crippen LogP) is 5.91. The smallest absolute Gasteiger partial charge is 0.0436 e. The van der Waals surface area contributed by atoms with Crippen molar-refractivity contribution in [2.45, 2.75) is 89.0 Å². The highest BCUT2D eigenvalue weighted by molar-refractivity contribution is 5.03. The van der Waals surface area contributed by atoms with Gasteiger partial charge in [0.25, 0.3) is 0 Å². The molecule has 0 heterocycles. The van der Waals surface area contributed by atoms with Gasteiger partial charge in [0, 0.05) is 6.61 Å². The quantitative estimate of drug-likeness (QED) is 0.643. The molecule has 0 aliphatic carbocycles. The Kier molecular flexibility index (Phi) is 5.62. The van der Waals surface area contributed by atoms with E-state index in [1.54, 1.807) is 0 Å². The largest absolute Gasteiger partial charge is 0.396 e. The van der Waals surface area contributed by atoms with Crippen molar-refractivity contribution in [1.82, 2.24) is 0 Å². The van der Waals surface area contributed by atoms with Crippen molar-refractivity contribution >= 4 is 0 Å². The van der Waals surface area contributed by atoms with Crippen molar-refractivity contribution in [1.29, 1.82) is 0 Å². The summed E-state index contributed by atoms with van der Waals surface area (Å²) >= 11 is 0. The van der Waals surface area contributed by atoms with Gasteiger partial charge in [-0.25, -0.2) is 0 Å². The van der Waals surface area contributed by atoms with Gasteiger partial charge in [0.1, 0.15) is 0 Å². The van der Waals surface area contributed by atoms with Crippen LogP contribution < -0.4 is 0 Å². The summed E-state index contributed by atoms with van der Waals surface area (Å²) in [7, 11) is 0. The van der Waals surface area contributed by atoms with Crippen LogP contribution in [0.1, 0.15) is 89.0 Å². The van der Waals surface area contributed by atoms with Gasteiger partial charge < -0.3 is 5.11 Å². The molecule has 0 aromatic carbocycles. The van der Waals surface area contributed by atoms with Crippen molar-refractivity contribution in [2.24, 2.45) is 27.1 Å². The Balaban J connectivity index is 5.59. The average molecular weight is 285 g/mol. The minimum Gasteiger partial charge on any atom is -0.396 e. The first-order chi connectivity index (χ1) is 8.52. The topological polar surface area (TPSA) is 20.2 Å². The zero-order valence-electron chi connectivity index (χ0n) is 16.1. The molecule has 20 heavy (non-hydrogen) atoms. The van der Waals surface area contributed by atoms with Gasteiger partial charge in [0.15, 0.2) is 0 Å². The molecule has 1 heteroatoms. The number of aliphatic hydroxyl groups excluding tert-OH is 1. The van der Waals surface area contributed by atoms with E-state index in [9.17, 15) is 5.11 Å². The molecule has 0 amide bonds. The zero-order chi connectivity index (χ0) is 16.6. The molecule has 0 aliphatic heterocycles. The standard InChI is InChI=1S/C19H40O/c1-15(2,3)14-17(6,7)19(10,11)18(8,9)16(4,5)12-13-20/h20H,12-14H2,1-11H3. The van der Waals surface area contributed by atoms with Crippen LogP contribution >= 0.6 is 0 Å². The monoisotopic (exact) mass is 284 g/mol. The normalized spacial score (nSPS) is 15.6. The average Bonchev–Trinajstić information content (AvgIpc) is 2.12. The molecule has 0 saturated carbocycles. The van der Waals surface area contributed by atoms with Gasteiger partial charge in [-0.05, 0) is 39.9 Å². The molecule has 1 nitrogen and oxygen atoms in total. The molecule has 0 radical (unpaired) electrons. The molecular formula is C19H40O. The van der Waals surface area contributed by atoms with E-state index in [0.717, 1.165) is 6.42 Å². The zero-order valence-corrected chi connectivity index (χ0v) is 16.1. The number of rotatable bonds is 6. The van der Waals surface area contributed by atoms with E-state index in [4.69, 9.17) is 0 Å². The fourth-order valence-corrected chi connectivity index (χ4v) is 3.83. The predicted molar refractivity (Wildman–Crippen MR) is 90.9 cm³/mol. The molecule has 0 unspecified atom stereocenters. The first kappa shape index (κ1) is 20.0. The summed E-state index contributed by atoms with van der Waals surface area (Å²) in [5, 5.41) is 9.42. The third-order valence-electron chi connectivity index (χ3n) is 6.66. The van der Waals surface area contributed by atoms with Crippen LogP contribution in [0.15, 0.2) is 0 Å². The Morgan fingerprint density at radius 3 is 1.25 bits per heavy atom. The van der Waals surface area contributed by atoms with E-state index in [-0.39, 0.29) is 28.3 Å². The van der Waals surface area contributed by atoms with E-state index in [1.165, 1.54) is 6.42 Å². The van der Waals surface area contributed by atoms with Gasteiger partial charge in [-0.2, -0.15) is 0 Å². The highest BCUT2D eigenvalue weighted by atomic mass is 16.3. The minimum absolute atomic E-state index is 0.112. The lowest BCUT2D eigenvalue weighted by Crippen LogP contribution is -2.52. The Hall–Kier alpha value is -0.0400. The lowest BCUT2D eigenvalue weighted by molar-refractivity contribution is -0.113. The van der Waals surface area contributed by atoms with Crippen LogP contribution in [-0.4, -0.2) is 11.7 Å². The van der Waals surface area contributed by atoms with Gasteiger partial charge in [0.2, 0.25) is 0 Å². The van der Waals surface area contributed by atoms with Gasteiger partial charge in [0.05, 0.1) is 0 Å². The second kappa shape index (κ2) is 5.63. The summed E-state index contributed by atoms with van der Waals surface area (Å²) in [5.74, 6) is 0. The van der Waals surface area contributed by atoms with Crippen molar-refractivity contribution in [2.75, 3.05) is 6.61 Å². The van der Waals surface area contributed by atoms with Crippen LogP contribution in [0.25, 0.3) is 0 Å². The summed E-state index contributed by atoms with van der Waals surface area (Å²) in [4.78, 5) is 0. The Bertz CT molecular complexity index is 313. The van der Waals surface area contributed by atoms with Crippen LogP contribution in [0.5, 0.6) is 0 Å². The Morgan fingerprint density at radius 1 is 0.600 bits per heavy atom. The lowest BCUT2D eigenvalue weighted by Gasteiger charge is -2.60. The van der Waals surface area contributed by atoms with Crippen LogP contribution in [-0.2, 0) is 0 Å². The maximum Gasteiger partial charge on any atom is 0.0436 e. The summed E-state index contributed by atoms with van der Waals surface area (Å²) in [5.41, 5.74) is 0.989. The van der Waals surface area contributed by atoms with Crippen molar-refractivity contribution in [3.63, 3.8) is 0 Å². The Morgan fingerprint density at radius 2 is 0.950 bits per heavy atom. The lowest BCUT2D eigenvalue weighted by atomic mass is 9.45. The third-order valence-corrected chi connectivity index (χ3v) is 6.66. The van der Waals surface area contributed by atoms with Crippen LogP contribution in [0.4, 0.5) is 0 Å². The van der Waals surface area contributed by atoms with Gasteiger partial charge in [-0.1, -0.05) is 76.2 Å². The molecule has 0 aromatic heterocycles. The molecule has 0 fully saturated rings. The first-order valence-electron chi connectivity index (χ1n) is 8.13. The third kappa shape index (κ3) is 3.78. The van der Waals surface area contributed by atoms with Gasteiger partial charge in [-0.3, -0.25) is 0 Å². The highest BCUT2D eigenvalue weighted by Gasteiger charge is 2.54. The summed E-state index contributed by atoms with van der Waals surface area (Å²) in [6.07, 6.45) is 2.06. The molecule has 0 spiro atoms. The second-order valence-electron chi connectivity index (χ2n) is 10.2. The van der Waals surface area contributed by atoms with Crippen molar-refractivity contribution in [3.8, 4) is 0 Å². The molecule has 0 bridgehead atoms. The SMILES string of the molecule is CC(C)(C)CC(C)(C)C(C)(C)C(C)(C)C(C)(C)CCO. The summed E-state index contributed by atoms with van der Waals surface area (Å²) < 4.78 is 0. The summed E-state index contributed by atoms with van der Waals surface area (Å²) in [6.45, 7) is 26.3. The van der Waals surface area contributed by atoms with E-state index in [0.29, 0.717) is 5.41 Å². The molecule has 0 aromatic rings. The highest BCUT2D eigenvalue weighted by Crippen LogP contribution is 2.62. The van der Waals surface area contributed by atoms with E-state index in [2.05, 4.69) is 76.2 Å². The van der Waals surface area contributed by atoms with Crippen LogP contribution in [0.3, 0.4) is 0 Å². The molecule has 1 N–H and O–H groups in total. The fraction of sp³-hybridized carbons (Fsp3) is 1.00. The van der Waals surface area contributed by atoms with Crippen LogP contribution in [0, 0.1) is 27.1 Å².